The number of hydrogen-bond acceptors (Lipinski definition) is 2. The molecule has 2 aromatic rings. The Morgan fingerprint density at radius 3 is 2.54 bits per heavy atom. The van der Waals surface area contributed by atoms with Gasteiger partial charge >= 0.3 is 0 Å². The average Bonchev–Trinajstić information content (AvgIpc) is 2.82. The molecular weight excluding hydrogens is 380 g/mol. The number of imidazole rings is 1. The monoisotopic (exact) mass is 408 g/mol. The van der Waals surface area contributed by atoms with Crippen LogP contribution in [0.1, 0.15) is 52.5 Å². The number of benzene rings is 1. The first-order valence-electron chi connectivity index (χ1n) is 9.01. The molecule has 3 nitrogen and oxygen atoms in total. The normalized spacial score (nSPS) is 22.9. The van der Waals surface area contributed by atoms with Crippen LogP contribution >= 0.6 is 15.9 Å². The Bertz CT molecular complexity index is 720. The Morgan fingerprint density at radius 2 is 1.83 bits per heavy atom. The van der Waals surface area contributed by atoms with E-state index in [1.165, 1.54) is 18.4 Å². The van der Waals surface area contributed by atoms with Gasteiger partial charge in [0.05, 0.1) is 23.2 Å². The summed E-state index contributed by atoms with van der Waals surface area (Å²) in [7, 11) is -1.78. The van der Waals surface area contributed by atoms with Crippen molar-refractivity contribution in [2.75, 3.05) is 0 Å². The Labute approximate surface area is 155 Å². The molecule has 1 aromatic heterocycles. The van der Waals surface area contributed by atoms with E-state index in [1.54, 1.807) is 0 Å². The topological polar surface area (TPSA) is 27.1 Å². The van der Waals surface area contributed by atoms with Gasteiger partial charge in [-0.15, -0.1) is 0 Å². The minimum absolute atomic E-state index is 0.239. The molecule has 1 saturated carbocycles. The number of halogens is 1. The molecule has 0 saturated heterocycles. The number of aromatic nitrogens is 2. The van der Waals surface area contributed by atoms with Crippen molar-refractivity contribution >= 4 is 35.3 Å². The van der Waals surface area contributed by atoms with Crippen molar-refractivity contribution in [3.05, 3.63) is 29.0 Å². The van der Waals surface area contributed by atoms with Gasteiger partial charge in [0.1, 0.15) is 0 Å². The predicted molar refractivity (Wildman–Crippen MR) is 107 cm³/mol. The van der Waals surface area contributed by atoms with Crippen LogP contribution in [0.5, 0.6) is 0 Å². The van der Waals surface area contributed by atoms with Gasteiger partial charge in [-0.3, -0.25) is 0 Å². The fraction of sp³-hybridized carbons (Fsp3) is 0.632. The van der Waals surface area contributed by atoms with Crippen molar-refractivity contribution in [1.82, 2.24) is 9.55 Å². The van der Waals surface area contributed by atoms with E-state index in [1.807, 2.05) is 0 Å². The summed E-state index contributed by atoms with van der Waals surface area (Å²) < 4.78 is 10.2. The predicted octanol–water partition coefficient (Wildman–Crippen LogP) is 6.30. The van der Waals surface area contributed by atoms with Crippen molar-refractivity contribution in [2.24, 2.45) is 0 Å². The Kier molecular flexibility index (Phi) is 4.97. The minimum atomic E-state index is -1.78. The number of nitrogens with zero attached hydrogens (tertiary/aromatic N) is 2. The van der Waals surface area contributed by atoms with Crippen LogP contribution in [0.4, 0.5) is 0 Å². The molecule has 0 aliphatic heterocycles. The molecule has 132 valence electrons. The minimum Gasteiger partial charge on any atom is -0.412 e. The lowest BCUT2D eigenvalue weighted by Gasteiger charge is -2.43. The fourth-order valence-corrected chi connectivity index (χ4v) is 5.43. The van der Waals surface area contributed by atoms with E-state index in [0.717, 1.165) is 23.1 Å². The molecule has 2 atom stereocenters. The fourth-order valence-electron chi connectivity index (χ4n) is 3.40. The summed E-state index contributed by atoms with van der Waals surface area (Å²) in [6.45, 7) is 11.7. The van der Waals surface area contributed by atoms with Gasteiger partial charge in [-0.05, 0) is 59.0 Å². The summed E-state index contributed by atoms with van der Waals surface area (Å²) in [6, 6.07) is 8.78. The first-order valence-corrected chi connectivity index (χ1v) is 12.7. The van der Waals surface area contributed by atoms with Crippen LogP contribution in [0.25, 0.3) is 11.0 Å². The standard InChI is InChI=1S/C19H29BrN2OSi/c1-19(2,3)24(4,5)23-17-13-9-8-12-16(17)22-15-11-7-6-10-14(15)21-18(22)20/h6-7,10-11,16-17H,8-9,12-13H2,1-5H3/t16-,17-/m1/s1. The number of para-hydroxylation sites is 2. The number of fused-ring (bicyclic) bond motifs is 1. The smallest absolute Gasteiger partial charge is 0.192 e. The zero-order valence-corrected chi connectivity index (χ0v) is 18.1. The molecule has 24 heavy (non-hydrogen) atoms. The van der Waals surface area contributed by atoms with Crippen LogP contribution in [0.15, 0.2) is 29.0 Å². The van der Waals surface area contributed by atoms with E-state index < -0.39 is 8.32 Å². The molecule has 5 heteroatoms. The summed E-state index contributed by atoms with van der Waals surface area (Å²) in [6.07, 6.45) is 5.13. The molecule has 0 spiro atoms. The molecule has 1 heterocycles. The van der Waals surface area contributed by atoms with Gasteiger partial charge in [-0.2, -0.15) is 0 Å². The molecule has 0 N–H and O–H groups in total. The third kappa shape index (κ3) is 3.35. The first kappa shape index (κ1) is 18.1. The molecule has 1 aliphatic rings. The maximum Gasteiger partial charge on any atom is 0.192 e. The highest BCUT2D eigenvalue weighted by atomic mass is 79.9. The van der Waals surface area contributed by atoms with E-state index in [4.69, 9.17) is 9.41 Å². The summed E-state index contributed by atoms with van der Waals surface area (Å²) in [5, 5.41) is 0.239. The SMILES string of the molecule is CC(C)(C)[Si](C)(C)O[C@@H]1CCCC[C@H]1n1c(Br)nc2ccccc21. The van der Waals surface area contributed by atoms with Crippen molar-refractivity contribution in [1.29, 1.82) is 0 Å². The lowest BCUT2D eigenvalue weighted by molar-refractivity contribution is 0.0851. The third-order valence-corrected chi connectivity index (χ3v) is 10.9. The molecule has 1 aliphatic carbocycles. The van der Waals surface area contributed by atoms with E-state index in [2.05, 4.69) is 78.6 Å². The zero-order chi connectivity index (χ0) is 17.5. The number of hydrogen-bond donors (Lipinski definition) is 0. The van der Waals surface area contributed by atoms with E-state index >= 15 is 0 Å². The van der Waals surface area contributed by atoms with Crippen molar-refractivity contribution in [2.45, 2.75) is 76.7 Å². The van der Waals surface area contributed by atoms with Crippen LogP contribution in [-0.4, -0.2) is 24.0 Å². The van der Waals surface area contributed by atoms with Gasteiger partial charge in [0.2, 0.25) is 0 Å². The highest BCUT2D eigenvalue weighted by molar-refractivity contribution is 9.10. The summed E-state index contributed by atoms with van der Waals surface area (Å²) >= 11 is 3.70. The van der Waals surface area contributed by atoms with Crippen LogP contribution < -0.4 is 0 Å². The Hall–Kier alpha value is -0.653. The second kappa shape index (κ2) is 6.58. The van der Waals surface area contributed by atoms with Crippen molar-refractivity contribution < 1.29 is 4.43 Å². The highest BCUT2D eigenvalue weighted by Crippen LogP contribution is 2.42. The molecule has 1 aromatic carbocycles. The van der Waals surface area contributed by atoms with Crippen molar-refractivity contribution in [3.63, 3.8) is 0 Å². The molecular formula is C19H29BrN2OSi. The lowest BCUT2D eigenvalue weighted by Crippen LogP contribution is -2.46. The molecule has 1 fully saturated rings. The summed E-state index contributed by atoms with van der Waals surface area (Å²) in [5.74, 6) is 0. The second-order valence-corrected chi connectivity index (χ2v) is 14.0. The molecule has 0 amide bonds. The molecule has 3 rings (SSSR count). The Balaban J connectivity index is 1.96. The maximum atomic E-state index is 6.85. The largest absolute Gasteiger partial charge is 0.412 e. The van der Waals surface area contributed by atoms with Gasteiger partial charge in [0, 0.05) is 0 Å². The quantitative estimate of drug-likeness (QED) is 0.556. The first-order chi connectivity index (χ1) is 11.2. The second-order valence-electron chi connectivity index (χ2n) is 8.51. The van der Waals surface area contributed by atoms with Crippen LogP contribution in [0.3, 0.4) is 0 Å². The third-order valence-electron chi connectivity index (χ3n) is 5.80. The van der Waals surface area contributed by atoms with Crippen LogP contribution in [-0.2, 0) is 4.43 Å². The van der Waals surface area contributed by atoms with Crippen LogP contribution in [0, 0.1) is 0 Å². The summed E-state index contributed by atoms with van der Waals surface area (Å²) in [5.41, 5.74) is 2.26. The number of rotatable bonds is 3. The Morgan fingerprint density at radius 1 is 1.17 bits per heavy atom. The van der Waals surface area contributed by atoms with E-state index in [9.17, 15) is 0 Å². The summed E-state index contributed by atoms with van der Waals surface area (Å²) in [4.78, 5) is 4.70. The van der Waals surface area contributed by atoms with Gasteiger partial charge in [-0.1, -0.05) is 45.7 Å². The lowest BCUT2D eigenvalue weighted by atomic mass is 9.92. The van der Waals surface area contributed by atoms with E-state index in [0.29, 0.717) is 6.04 Å². The van der Waals surface area contributed by atoms with Gasteiger partial charge < -0.3 is 8.99 Å². The van der Waals surface area contributed by atoms with Gasteiger partial charge in [0.25, 0.3) is 0 Å². The molecule has 0 radical (unpaired) electrons. The average molecular weight is 409 g/mol. The maximum absolute atomic E-state index is 6.85. The van der Waals surface area contributed by atoms with Crippen molar-refractivity contribution in [3.8, 4) is 0 Å². The zero-order valence-electron chi connectivity index (χ0n) is 15.5. The van der Waals surface area contributed by atoms with Gasteiger partial charge in [0.15, 0.2) is 13.1 Å². The highest BCUT2D eigenvalue weighted by Gasteiger charge is 2.42. The molecule has 0 unspecified atom stereocenters. The van der Waals surface area contributed by atoms with E-state index in [-0.39, 0.29) is 11.1 Å². The van der Waals surface area contributed by atoms with Gasteiger partial charge in [-0.25, -0.2) is 4.98 Å². The van der Waals surface area contributed by atoms with Crippen LogP contribution in [0.2, 0.25) is 18.1 Å². The molecule has 0 bridgehead atoms.